The summed E-state index contributed by atoms with van der Waals surface area (Å²) in [5.41, 5.74) is 0.580. The van der Waals surface area contributed by atoms with Crippen molar-refractivity contribution in [3.05, 3.63) is 54.1 Å². The second-order valence-corrected chi connectivity index (χ2v) is 6.52. The Morgan fingerprint density at radius 2 is 1.86 bits per heavy atom. The van der Waals surface area contributed by atoms with E-state index in [-0.39, 0.29) is 17.1 Å². The van der Waals surface area contributed by atoms with E-state index in [1.54, 1.807) is 42.5 Å². The Morgan fingerprint density at radius 3 is 2.52 bits per heavy atom. The summed E-state index contributed by atoms with van der Waals surface area (Å²) in [6, 6.07) is 12.9. The van der Waals surface area contributed by atoms with Gasteiger partial charge >= 0.3 is 5.97 Å². The van der Waals surface area contributed by atoms with Gasteiger partial charge in [-0.15, -0.1) is 0 Å². The van der Waals surface area contributed by atoms with Crippen LogP contribution in [0, 0.1) is 0 Å². The minimum Gasteiger partial charge on any atom is -0.481 e. The number of sulfone groups is 1. The zero-order valence-electron chi connectivity index (χ0n) is 11.3. The molecule has 0 atom stereocenters. The lowest BCUT2D eigenvalue weighted by Crippen LogP contribution is -2.01. The van der Waals surface area contributed by atoms with E-state index >= 15 is 0 Å². The van der Waals surface area contributed by atoms with Crippen LogP contribution in [0.1, 0.15) is 5.56 Å². The molecule has 0 amide bonds. The van der Waals surface area contributed by atoms with E-state index in [0.717, 1.165) is 6.26 Å². The molecule has 110 valence electrons. The number of carboxylic acids is 1. The van der Waals surface area contributed by atoms with Gasteiger partial charge in [-0.3, -0.25) is 4.79 Å². The van der Waals surface area contributed by atoms with Crippen molar-refractivity contribution in [2.24, 2.45) is 0 Å². The van der Waals surface area contributed by atoms with E-state index in [4.69, 9.17) is 9.84 Å². The molecule has 5 nitrogen and oxygen atoms in total. The van der Waals surface area contributed by atoms with Gasteiger partial charge in [-0.2, -0.15) is 0 Å². The molecule has 0 aliphatic carbocycles. The summed E-state index contributed by atoms with van der Waals surface area (Å²) >= 11 is 0. The maximum atomic E-state index is 11.7. The average Bonchev–Trinajstić information content (AvgIpc) is 2.37. The van der Waals surface area contributed by atoms with Crippen molar-refractivity contribution >= 4 is 15.8 Å². The fraction of sp³-hybridized carbons (Fsp3) is 0.133. The van der Waals surface area contributed by atoms with Gasteiger partial charge in [0.15, 0.2) is 9.84 Å². The highest BCUT2D eigenvalue weighted by atomic mass is 32.2. The molecule has 1 N–H and O–H groups in total. The van der Waals surface area contributed by atoms with Crippen LogP contribution in [0.3, 0.4) is 0 Å². The van der Waals surface area contributed by atoms with Gasteiger partial charge in [-0.1, -0.05) is 24.3 Å². The van der Waals surface area contributed by atoms with Gasteiger partial charge in [0.25, 0.3) is 0 Å². The molecule has 0 fully saturated rings. The number of carbonyl (C=O) groups is 1. The van der Waals surface area contributed by atoms with Crippen LogP contribution >= 0.6 is 0 Å². The van der Waals surface area contributed by atoms with Crippen LogP contribution in [0.15, 0.2) is 53.4 Å². The Morgan fingerprint density at radius 1 is 1.14 bits per heavy atom. The Labute approximate surface area is 122 Å². The molecule has 2 aromatic rings. The van der Waals surface area contributed by atoms with Crippen LogP contribution < -0.4 is 4.74 Å². The van der Waals surface area contributed by atoms with Crippen molar-refractivity contribution in [1.82, 2.24) is 0 Å². The Bertz CT molecular complexity index is 765. The van der Waals surface area contributed by atoms with E-state index < -0.39 is 15.8 Å². The maximum absolute atomic E-state index is 11.7. The fourth-order valence-corrected chi connectivity index (χ4v) is 2.66. The molecule has 0 bridgehead atoms. The Kier molecular flexibility index (Phi) is 4.28. The van der Waals surface area contributed by atoms with E-state index in [1.807, 2.05) is 0 Å². The van der Waals surface area contributed by atoms with Gasteiger partial charge in [0.1, 0.15) is 16.4 Å². The number of hydrogen-bond acceptors (Lipinski definition) is 4. The third-order valence-corrected chi connectivity index (χ3v) is 3.87. The molecule has 0 radical (unpaired) electrons. The molecule has 0 unspecified atom stereocenters. The number of benzene rings is 2. The van der Waals surface area contributed by atoms with Crippen LogP contribution in [-0.4, -0.2) is 25.7 Å². The lowest BCUT2D eigenvalue weighted by Gasteiger charge is -2.10. The summed E-state index contributed by atoms with van der Waals surface area (Å²) in [7, 11) is -3.40. The summed E-state index contributed by atoms with van der Waals surface area (Å²) in [4.78, 5) is 10.8. The number of hydrogen-bond donors (Lipinski definition) is 1. The van der Waals surface area contributed by atoms with E-state index in [1.165, 1.54) is 6.07 Å². The first kappa shape index (κ1) is 15.1. The van der Waals surface area contributed by atoms with Crippen molar-refractivity contribution in [3.8, 4) is 11.5 Å². The molecule has 0 aromatic heterocycles. The lowest BCUT2D eigenvalue weighted by atomic mass is 10.1. The number of para-hydroxylation sites is 1. The van der Waals surface area contributed by atoms with E-state index in [9.17, 15) is 13.2 Å². The summed E-state index contributed by atoms with van der Waals surface area (Å²) in [5.74, 6) is -0.332. The molecule has 0 spiro atoms. The second kappa shape index (κ2) is 5.97. The van der Waals surface area contributed by atoms with Crippen molar-refractivity contribution in [1.29, 1.82) is 0 Å². The van der Waals surface area contributed by atoms with Gasteiger partial charge in [0.2, 0.25) is 0 Å². The van der Waals surface area contributed by atoms with Gasteiger partial charge in [-0.05, 0) is 29.8 Å². The largest absolute Gasteiger partial charge is 0.481 e. The molecule has 0 aliphatic heterocycles. The number of rotatable bonds is 5. The normalized spacial score (nSPS) is 11.1. The highest BCUT2D eigenvalue weighted by Gasteiger charge is 2.14. The smallest absolute Gasteiger partial charge is 0.307 e. The molecular formula is C15H14O5S. The Hall–Kier alpha value is -2.34. The van der Waals surface area contributed by atoms with Crippen LogP contribution in [-0.2, 0) is 21.1 Å². The van der Waals surface area contributed by atoms with Crippen molar-refractivity contribution in [2.75, 3.05) is 6.26 Å². The van der Waals surface area contributed by atoms with Crippen LogP contribution in [0.25, 0.3) is 0 Å². The third kappa shape index (κ3) is 4.06. The van der Waals surface area contributed by atoms with E-state index in [2.05, 4.69) is 0 Å². The Balaban J connectivity index is 2.33. The van der Waals surface area contributed by atoms with E-state index in [0.29, 0.717) is 11.3 Å². The van der Waals surface area contributed by atoms with Gasteiger partial charge in [-0.25, -0.2) is 8.42 Å². The zero-order chi connectivity index (χ0) is 15.5. The minimum atomic E-state index is -3.40. The topological polar surface area (TPSA) is 80.7 Å². The standard InChI is InChI=1S/C15H14O5S/c1-21(18,19)14-8-3-2-7-13(14)20-12-6-4-5-11(9-12)10-15(16)17/h2-9H,10H2,1H3,(H,16,17). The number of carboxylic acid groups (broad SMARTS) is 1. The average molecular weight is 306 g/mol. The first-order chi connectivity index (χ1) is 9.86. The summed E-state index contributed by atoms with van der Waals surface area (Å²) in [6.45, 7) is 0. The highest BCUT2D eigenvalue weighted by Crippen LogP contribution is 2.29. The minimum absolute atomic E-state index is 0.0913. The molecule has 0 saturated carbocycles. The van der Waals surface area contributed by atoms with Crippen molar-refractivity contribution in [2.45, 2.75) is 11.3 Å². The molecule has 0 heterocycles. The lowest BCUT2D eigenvalue weighted by molar-refractivity contribution is -0.136. The molecule has 6 heteroatoms. The summed E-state index contributed by atoms with van der Waals surface area (Å²) < 4.78 is 29.0. The number of aliphatic carboxylic acids is 1. The molecular weight excluding hydrogens is 292 g/mol. The number of ether oxygens (including phenoxy) is 1. The van der Waals surface area contributed by atoms with Crippen LogP contribution in [0.2, 0.25) is 0 Å². The molecule has 2 rings (SSSR count). The van der Waals surface area contributed by atoms with Gasteiger partial charge < -0.3 is 9.84 Å². The van der Waals surface area contributed by atoms with Crippen LogP contribution in [0.4, 0.5) is 0 Å². The third-order valence-electron chi connectivity index (χ3n) is 2.73. The summed E-state index contributed by atoms with van der Waals surface area (Å²) in [6.07, 6.45) is 0.987. The van der Waals surface area contributed by atoms with Crippen molar-refractivity contribution in [3.63, 3.8) is 0 Å². The van der Waals surface area contributed by atoms with Gasteiger partial charge in [0.05, 0.1) is 6.42 Å². The second-order valence-electron chi connectivity index (χ2n) is 4.54. The van der Waals surface area contributed by atoms with Gasteiger partial charge in [0, 0.05) is 6.26 Å². The highest BCUT2D eigenvalue weighted by molar-refractivity contribution is 7.90. The quantitative estimate of drug-likeness (QED) is 0.918. The van der Waals surface area contributed by atoms with Crippen molar-refractivity contribution < 1.29 is 23.1 Å². The van der Waals surface area contributed by atoms with Crippen LogP contribution in [0.5, 0.6) is 11.5 Å². The zero-order valence-corrected chi connectivity index (χ0v) is 12.1. The molecule has 0 saturated heterocycles. The first-order valence-corrected chi connectivity index (χ1v) is 8.03. The molecule has 21 heavy (non-hydrogen) atoms. The molecule has 2 aromatic carbocycles. The SMILES string of the molecule is CS(=O)(=O)c1ccccc1Oc1cccc(CC(=O)O)c1. The fourth-order valence-electron chi connectivity index (χ4n) is 1.86. The summed E-state index contributed by atoms with van der Waals surface area (Å²) in [5, 5.41) is 8.78. The maximum Gasteiger partial charge on any atom is 0.307 e. The monoisotopic (exact) mass is 306 g/mol. The predicted molar refractivity (Wildman–Crippen MR) is 77.4 cm³/mol. The first-order valence-electron chi connectivity index (χ1n) is 6.14. The predicted octanol–water partition coefficient (Wildman–Crippen LogP) is 2.51. The molecule has 0 aliphatic rings.